The van der Waals surface area contributed by atoms with E-state index in [4.69, 9.17) is 4.74 Å². The van der Waals surface area contributed by atoms with Gasteiger partial charge >= 0.3 is 12.2 Å². The molecule has 0 N–H and O–H groups in total. The fraction of sp³-hybridized carbons (Fsp3) is 0.208. The van der Waals surface area contributed by atoms with Crippen LogP contribution in [0.4, 0.5) is 23.7 Å². The van der Waals surface area contributed by atoms with E-state index in [1.54, 1.807) is 50.2 Å². The first-order chi connectivity index (χ1) is 15.6. The summed E-state index contributed by atoms with van der Waals surface area (Å²) < 4.78 is 45.3. The predicted octanol–water partition coefficient (Wildman–Crippen LogP) is 5.64. The van der Waals surface area contributed by atoms with Crippen molar-refractivity contribution in [3.05, 3.63) is 84.2 Å². The van der Waals surface area contributed by atoms with Crippen LogP contribution >= 0.6 is 0 Å². The van der Waals surface area contributed by atoms with E-state index < -0.39 is 29.3 Å². The van der Waals surface area contributed by atoms with Crippen molar-refractivity contribution >= 4 is 17.6 Å². The lowest BCUT2D eigenvalue weighted by Crippen LogP contribution is -2.43. The standard InChI is InChI=1S/C24H20F3N3O3/c1-23(2)21(31)30(17-12-13-28-20(14-17)24(25,26)27)22(32)29(23)15-16-8-6-7-11-19(16)33-18-9-4-3-5-10-18/h3-14H,15H2,1-2H3. The van der Waals surface area contributed by atoms with Gasteiger partial charge in [-0.15, -0.1) is 0 Å². The van der Waals surface area contributed by atoms with Crippen LogP contribution in [0.3, 0.4) is 0 Å². The summed E-state index contributed by atoms with van der Waals surface area (Å²) in [5.41, 5.74) is -2.02. The molecule has 0 spiro atoms. The highest BCUT2D eigenvalue weighted by Gasteiger charge is 2.52. The number of para-hydroxylation sites is 2. The smallest absolute Gasteiger partial charge is 0.433 e. The van der Waals surface area contributed by atoms with E-state index in [2.05, 4.69) is 4.98 Å². The van der Waals surface area contributed by atoms with Crippen LogP contribution in [0.1, 0.15) is 25.1 Å². The number of carbonyl (C=O) groups excluding carboxylic acids is 2. The minimum Gasteiger partial charge on any atom is -0.457 e. The van der Waals surface area contributed by atoms with E-state index in [0.717, 1.165) is 11.1 Å². The normalized spacial score (nSPS) is 15.8. The molecule has 1 aliphatic heterocycles. The van der Waals surface area contributed by atoms with E-state index >= 15 is 0 Å². The number of ether oxygens (including phenoxy) is 1. The Labute approximate surface area is 188 Å². The molecule has 3 aromatic rings. The number of nitrogens with zero attached hydrogens (tertiary/aromatic N) is 3. The number of rotatable bonds is 5. The summed E-state index contributed by atoms with van der Waals surface area (Å²) in [4.78, 5) is 31.7. The van der Waals surface area contributed by atoms with Gasteiger partial charge in [0, 0.05) is 11.8 Å². The maximum absolute atomic E-state index is 13.3. The van der Waals surface area contributed by atoms with Crippen LogP contribution in [0.2, 0.25) is 0 Å². The zero-order valence-electron chi connectivity index (χ0n) is 17.8. The van der Waals surface area contributed by atoms with Crippen LogP contribution < -0.4 is 9.64 Å². The average molecular weight is 455 g/mol. The molecule has 0 aliphatic carbocycles. The third-order valence-corrected chi connectivity index (χ3v) is 5.39. The molecule has 0 radical (unpaired) electrons. The molecule has 0 saturated carbocycles. The Kier molecular flexibility index (Phi) is 5.57. The molecular formula is C24H20F3N3O3. The van der Waals surface area contributed by atoms with Crippen molar-refractivity contribution in [1.29, 1.82) is 0 Å². The van der Waals surface area contributed by atoms with Crippen molar-refractivity contribution in [2.24, 2.45) is 0 Å². The lowest BCUT2D eigenvalue weighted by molar-refractivity contribution is -0.141. The van der Waals surface area contributed by atoms with Gasteiger partial charge in [0.25, 0.3) is 5.91 Å². The fourth-order valence-corrected chi connectivity index (χ4v) is 3.56. The number of pyridine rings is 1. The Bertz CT molecular complexity index is 1200. The van der Waals surface area contributed by atoms with Gasteiger partial charge in [-0.05, 0) is 44.2 Å². The second kappa shape index (κ2) is 8.23. The zero-order chi connectivity index (χ0) is 23.8. The molecule has 0 atom stereocenters. The van der Waals surface area contributed by atoms with Crippen LogP contribution in [0.25, 0.3) is 0 Å². The van der Waals surface area contributed by atoms with E-state index in [0.29, 0.717) is 23.1 Å². The van der Waals surface area contributed by atoms with Gasteiger partial charge in [0.05, 0.1) is 12.2 Å². The molecule has 1 aliphatic rings. The number of halogens is 3. The fourth-order valence-electron chi connectivity index (χ4n) is 3.56. The third kappa shape index (κ3) is 4.26. The summed E-state index contributed by atoms with van der Waals surface area (Å²) in [6, 6.07) is 17.3. The molecule has 1 fully saturated rings. The largest absolute Gasteiger partial charge is 0.457 e. The van der Waals surface area contributed by atoms with Crippen LogP contribution in [0.15, 0.2) is 72.9 Å². The lowest BCUT2D eigenvalue weighted by Gasteiger charge is -2.28. The molecule has 170 valence electrons. The van der Waals surface area contributed by atoms with Gasteiger partial charge in [0.2, 0.25) is 0 Å². The first-order valence-electron chi connectivity index (χ1n) is 10.1. The van der Waals surface area contributed by atoms with Gasteiger partial charge < -0.3 is 9.64 Å². The summed E-state index contributed by atoms with van der Waals surface area (Å²) in [7, 11) is 0. The predicted molar refractivity (Wildman–Crippen MR) is 115 cm³/mol. The average Bonchev–Trinajstić information content (AvgIpc) is 2.94. The van der Waals surface area contributed by atoms with Gasteiger partial charge in [-0.1, -0.05) is 36.4 Å². The number of anilines is 1. The number of aromatic nitrogens is 1. The molecule has 0 bridgehead atoms. The van der Waals surface area contributed by atoms with E-state index in [1.165, 1.54) is 11.0 Å². The van der Waals surface area contributed by atoms with E-state index in [1.807, 2.05) is 18.2 Å². The van der Waals surface area contributed by atoms with Crippen molar-refractivity contribution in [3.63, 3.8) is 0 Å². The van der Waals surface area contributed by atoms with Crippen LogP contribution in [0.5, 0.6) is 11.5 Å². The van der Waals surface area contributed by atoms with Gasteiger partial charge in [-0.2, -0.15) is 13.2 Å². The van der Waals surface area contributed by atoms with Crippen LogP contribution in [-0.4, -0.2) is 27.4 Å². The number of benzene rings is 2. The highest BCUT2D eigenvalue weighted by Crippen LogP contribution is 2.37. The summed E-state index contributed by atoms with van der Waals surface area (Å²) in [6.45, 7) is 3.13. The Balaban J connectivity index is 1.65. The molecule has 1 aromatic heterocycles. The van der Waals surface area contributed by atoms with Gasteiger partial charge in [-0.25, -0.2) is 9.69 Å². The summed E-state index contributed by atoms with van der Waals surface area (Å²) >= 11 is 0. The van der Waals surface area contributed by atoms with Crippen LogP contribution in [-0.2, 0) is 17.5 Å². The van der Waals surface area contributed by atoms with Crippen LogP contribution in [0, 0.1) is 0 Å². The number of hydrogen-bond acceptors (Lipinski definition) is 4. The Morgan fingerprint density at radius 1 is 0.970 bits per heavy atom. The number of imide groups is 1. The van der Waals surface area contributed by atoms with Crippen molar-refractivity contribution in [2.75, 3.05) is 4.90 Å². The molecule has 4 rings (SSSR count). The first kappa shape index (κ1) is 22.3. The number of hydrogen-bond donors (Lipinski definition) is 0. The lowest BCUT2D eigenvalue weighted by atomic mass is 10.0. The Hall–Kier alpha value is -3.88. The molecule has 1 saturated heterocycles. The minimum absolute atomic E-state index is 0.0221. The van der Waals surface area contributed by atoms with Gasteiger partial charge in [0.1, 0.15) is 22.7 Å². The Morgan fingerprint density at radius 3 is 2.33 bits per heavy atom. The highest BCUT2D eigenvalue weighted by atomic mass is 19.4. The molecule has 0 unspecified atom stereocenters. The Morgan fingerprint density at radius 2 is 1.64 bits per heavy atom. The minimum atomic E-state index is -4.70. The summed E-state index contributed by atoms with van der Waals surface area (Å²) in [5, 5.41) is 0. The maximum atomic E-state index is 13.3. The quantitative estimate of drug-likeness (QED) is 0.467. The zero-order valence-corrected chi connectivity index (χ0v) is 17.8. The van der Waals surface area contributed by atoms with Gasteiger partial charge in [0.15, 0.2) is 0 Å². The maximum Gasteiger partial charge on any atom is 0.433 e. The van der Waals surface area contributed by atoms with E-state index in [-0.39, 0.29) is 12.2 Å². The van der Waals surface area contributed by atoms with Crippen molar-refractivity contribution in [2.45, 2.75) is 32.1 Å². The molecule has 2 heterocycles. The molecule has 2 aromatic carbocycles. The number of carbonyl (C=O) groups is 2. The highest BCUT2D eigenvalue weighted by molar-refractivity contribution is 6.22. The number of urea groups is 1. The van der Waals surface area contributed by atoms with Crippen molar-refractivity contribution < 1.29 is 27.5 Å². The summed E-state index contributed by atoms with van der Waals surface area (Å²) in [6.07, 6.45) is -3.78. The van der Waals surface area contributed by atoms with Gasteiger partial charge in [-0.3, -0.25) is 9.78 Å². The SMILES string of the molecule is CC1(C)C(=O)N(c2ccnc(C(F)(F)F)c2)C(=O)N1Cc1ccccc1Oc1ccccc1. The van der Waals surface area contributed by atoms with E-state index in [9.17, 15) is 22.8 Å². The monoisotopic (exact) mass is 455 g/mol. The molecule has 33 heavy (non-hydrogen) atoms. The molecular weight excluding hydrogens is 435 g/mol. The first-order valence-corrected chi connectivity index (χ1v) is 10.1. The second-order valence-corrected chi connectivity index (χ2v) is 7.99. The topological polar surface area (TPSA) is 62.7 Å². The third-order valence-electron chi connectivity index (χ3n) is 5.39. The van der Waals surface area contributed by atoms with Crippen molar-refractivity contribution in [1.82, 2.24) is 9.88 Å². The second-order valence-electron chi connectivity index (χ2n) is 7.99. The molecule has 3 amide bonds. The van der Waals surface area contributed by atoms with Crippen molar-refractivity contribution in [3.8, 4) is 11.5 Å². The number of amides is 3. The molecule has 9 heteroatoms. The number of alkyl halides is 3. The summed E-state index contributed by atoms with van der Waals surface area (Å²) in [5.74, 6) is 0.473. The molecule has 6 nitrogen and oxygen atoms in total.